The zero-order valence-corrected chi connectivity index (χ0v) is 12.8. The molecule has 0 aliphatic carbocycles. The van der Waals surface area contributed by atoms with E-state index >= 15 is 0 Å². The Morgan fingerprint density at radius 1 is 1.30 bits per heavy atom. The molecule has 1 aliphatic rings. The summed E-state index contributed by atoms with van der Waals surface area (Å²) in [6.07, 6.45) is 1.11. The molecule has 1 saturated heterocycles. The standard InChI is InChI=1S/C15H23N3O.ClH/c1-13(14-6-3-2-4-7-14)17-15(19)12-18-10-5-8-16-9-11-18;/h2-4,6-7,13,16H,5,8-12H2,1H3,(H,17,19);1H. The minimum Gasteiger partial charge on any atom is -0.348 e. The van der Waals surface area contributed by atoms with Gasteiger partial charge in [-0.25, -0.2) is 0 Å². The maximum absolute atomic E-state index is 12.0. The highest BCUT2D eigenvalue weighted by atomic mass is 35.5. The van der Waals surface area contributed by atoms with E-state index in [1.54, 1.807) is 0 Å². The molecule has 1 aromatic rings. The monoisotopic (exact) mass is 297 g/mol. The fourth-order valence-corrected chi connectivity index (χ4v) is 2.38. The predicted molar refractivity (Wildman–Crippen MR) is 84.2 cm³/mol. The van der Waals surface area contributed by atoms with Gasteiger partial charge in [-0.3, -0.25) is 9.69 Å². The van der Waals surface area contributed by atoms with Crippen molar-refractivity contribution in [1.82, 2.24) is 15.5 Å². The van der Waals surface area contributed by atoms with Crippen molar-refractivity contribution in [2.45, 2.75) is 19.4 Å². The average molecular weight is 298 g/mol. The van der Waals surface area contributed by atoms with Crippen molar-refractivity contribution in [2.75, 3.05) is 32.7 Å². The first-order valence-corrected chi connectivity index (χ1v) is 7.03. The molecule has 1 aliphatic heterocycles. The van der Waals surface area contributed by atoms with E-state index in [-0.39, 0.29) is 24.4 Å². The van der Waals surface area contributed by atoms with E-state index in [1.807, 2.05) is 37.3 Å². The van der Waals surface area contributed by atoms with Crippen LogP contribution in [0.1, 0.15) is 24.9 Å². The minimum atomic E-state index is 0. The van der Waals surface area contributed by atoms with Crippen LogP contribution in [0.15, 0.2) is 30.3 Å². The molecule has 5 heteroatoms. The van der Waals surface area contributed by atoms with Crippen LogP contribution in [0.5, 0.6) is 0 Å². The van der Waals surface area contributed by atoms with Crippen LogP contribution in [-0.4, -0.2) is 43.5 Å². The molecule has 4 nitrogen and oxygen atoms in total. The van der Waals surface area contributed by atoms with Crippen molar-refractivity contribution in [1.29, 1.82) is 0 Å². The third kappa shape index (κ3) is 5.49. The lowest BCUT2D eigenvalue weighted by Gasteiger charge is -2.21. The van der Waals surface area contributed by atoms with E-state index in [2.05, 4.69) is 15.5 Å². The molecule has 0 spiro atoms. The summed E-state index contributed by atoms with van der Waals surface area (Å²) in [6.45, 7) is 6.50. The van der Waals surface area contributed by atoms with E-state index in [0.29, 0.717) is 6.54 Å². The predicted octanol–water partition coefficient (Wildman–Crippen LogP) is 1.58. The number of hydrogen-bond acceptors (Lipinski definition) is 3. The average Bonchev–Trinajstić information content (AvgIpc) is 2.68. The van der Waals surface area contributed by atoms with Crippen LogP contribution in [0.3, 0.4) is 0 Å². The number of carbonyl (C=O) groups excluding carboxylic acids is 1. The fraction of sp³-hybridized carbons (Fsp3) is 0.533. The van der Waals surface area contributed by atoms with Gasteiger partial charge in [0, 0.05) is 13.1 Å². The van der Waals surface area contributed by atoms with E-state index in [4.69, 9.17) is 0 Å². The van der Waals surface area contributed by atoms with Crippen molar-refractivity contribution < 1.29 is 4.79 Å². The number of nitrogens with one attached hydrogen (secondary N) is 2. The highest BCUT2D eigenvalue weighted by Crippen LogP contribution is 2.10. The van der Waals surface area contributed by atoms with Gasteiger partial charge in [0.05, 0.1) is 12.6 Å². The molecule has 1 amide bonds. The summed E-state index contributed by atoms with van der Waals surface area (Å²) in [6, 6.07) is 10.1. The Labute approximate surface area is 127 Å². The lowest BCUT2D eigenvalue weighted by atomic mass is 10.1. The van der Waals surface area contributed by atoms with Gasteiger partial charge in [0.2, 0.25) is 5.91 Å². The maximum atomic E-state index is 12.0. The molecule has 0 aromatic heterocycles. The molecular formula is C15H24ClN3O. The van der Waals surface area contributed by atoms with Gasteiger partial charge in [-0.15, -0.1) is 12.4 Å². The molecule has 0 saturated carbocycles. The van der Waals surface area contributed by atoms with Gasteiger partial charge < -0.3 is 10.6 Å². The number of carbonyl (C=O) groups is 1. The van der Waals surface area contributed by atoms with Gasteiger partial charge in [0.1, 0.15) is 0 Å². The number of rotatable bonds is 4. The molecule has 0 radical (unpaired) electrons. The Morgan fingerprint density at radius 2 is 2.05 bits per heavy atom. The lowest BCUT2D eigenvalue weighted by Crippen LogP contribution is -2.39. The second-order valence-electron chi connectivity index (χ2n) is 5.08. The molecule has 1 atom stereocenters. The van der Waals surface area contributed by atoms with E-state index in [9.17, 15) is 4.79 Å². The van der Waals surface area contributed by atoms with Crippen LogP contribution >= 0.6 is 12.4 Å². The van der Waals surface area contributed by atoms with Crippen LogP contribution in [0.25, 0.3) is 0 Å². The van der Waals surface area contributed by atoms with Gasteiger partial charge in [-0.2, -0.15) is 0 Å². The summed E-state index contributed by atoms with van der Waals surface area (Å²) < 4.78 is 0. The summed E-state index contributed by atoms with van der Waals surface area (Å²) in [5.74, 6) is 0.109. The largest absolute Gasteiger partial charge is 0.348 e. The highest BCUT2D eigenvalue weighted by Gasteiger charge is 2.14. The Hall–Kier alpha value is -1.10. The molecule has 1 unspecified atom stereocenters. The first-order valence-electron chi connectivity index (χ1n) is 7.03. The highest BCUT2D eigenvalue weighted by molar-refractivity contribution is 5.85. The zero-order valence-electron chi connectivity index (χ0n) is 12.0. The van der Waals surface area contributed by atoms with Crippen molar-refractivity contribution in [3.8, 4) is 0 Å². The number of halogens is 1. The minimum absolute atomic E-state index is 0. The van der Waals surface area contributed by atoms with Gasteiger partial charge in [-0.1, -0.05) is 30.3 Å². The summed E-state index contributed by atoms with van der Waals surface area (Å²) >= 11 is 0. The lowest BCUT2D eigenvalue weighted by molar-refractivity contribution is -0.122. The summed E-state index contributed by atoms with van der Waals surface area (Å²) in [5.41, 5.74) is 1.15. The Bertz CT molecular complexity index is 391. The number of hydrogen-bond donors (Lipinski definition) is 2. The number of amides is 1. The first-order chi connectivity index (χ1) is 9.25. The quantitative estimate of drug-likeness (QED) is 0.887. The van der Waals surface area contributed by atoms with Crippen molar-refractivity contribution in [3.05, 3.63) is 35.9 Å². The molecule has 1 heterocycles. The smallest absolute Gasteiger partial charge is 0.234 e. The molecule has 2 rings (SSSR count). The molecule has 0 bridgehead atoms. The molecule has 1 fully saturated rings. The summed E-state index contributed by atoms with van der Waals surface area (Å²) in [5, 5.41) is 6.41. The maximum Gasteiger partial charge on any atom is 0.234 e. The van der Waals surface area contributed by atoms with Gasteiger partial charge in [0.15, 0.2) is 0 Å². The summed E-state index contributed by atoms with van der Waals surface area (Å²) in [7, 11) is 0. The number of benzene rings is 1. The van der Waals surface area contributed by atoms with E-state index in [0.717, 1.165) is 38.2 Å². The van der Waals surface area contributed by atoms with Crippen LogP contribution < -0.4 is 10.6 Å². The van der Waals surface area contributed by atoms with Gasteiger partial charge in [-0.05, 0) is 32.0 Å². The van der Waals surface area contributed by atoms with E-state index in [1.165, 1.54) is 0 Å². The van der Waals surface area contributed by atoms with Gasteiger partial charge in [0.25, 0.3) is 0 Å². The molecule has 2 N–H and O–H groups in total. The SMILES string of the molecule is CC(NC(=O)CN1CCCNCC1)c1ccccc1.Cl. The van der Waals surface area contributed by atoms with Crippen molar-refractivity contribution >= 4 is 18.3 Å². The summed E-state index contributed by atoms with van der Waals surface area (Å²) in [4.78, 5) is 14.2. The first kappa shape index (κ1) is 17.0. The van der Waals surface area contributed by atoms with Crippen LogP contribution in [0, 0.1) is 0 Å². The van der Waals surface area contributed by atoms with Crippen LogP contribution in [-0.2, 0) is 4.79 Å². The van der Waals surface area contributed by atoms with Crippen LogP contribution in [0.2, 0.25) is 0 Å². The third-order valence-corrected chi connectivity index (χ3v) is 3.48. The fourth-order valence-electron chi connectivity index (χ4n) is 2.38. The molecular weight excluding hydrogens is 274 g/mol. The second-order valence-corrected chi connectivity index (χ2v) is 5.08. The molecule has 1 aromatic carbocycles. The molecule has 112 valence electrons. The topological polar surface area (TPSA) is 44.4 Å². The van der Waals surface area contributed by atoms with Crippen LogP contribution in [0.4, 0.5) is 0 Å². The second kappa shape index (κ2) is 8.95. The van der Waals surface area contributed by atoms with Gasteiger partial charge >= 0.3 is 0 Å². The van der Waals surface area contributed by atoms with E-state index < -0.39 is 0 Å². The third-order valence-electron chi connectivity index (χ3n) is 3.48. The Kier molecular flexibility index (Phi) is 7.59. The Balaban J connectivity index is 0.00000200. The molecule has 20 heavy (non-hydrogen) atoms. The number of nitrogens with zero attached hydrogens (tertiary/aromatic N) is 1. The zero-order chi connectivity index (χ0) is 13.5. The van der Waals surface area contributed by atoms with Crippen molar-refractivity contribution in [3.63, 3.8) is 0 Å². The van der Waals surface area contributed by atoms with Crippen molar-refractivity contribution in [2.24, 2.45) is 0 Å². The normalized spacial score (nSPS) is 17.6. The Morgan fingerprint density at radius 3 is 2.80 bits per heavy atom.